The monoisotopic (exact) mass is 706 g/mol. The van der Waals surface area contributed by atoms with Crippen LogP contribution in [0, 0.1) is 0 Å². The fourth-order valence-corrected chi connectivity index (χ4v) is 7.11. The zero-order valence-corrected chi connectivity index (χ0v) is 29.5. The van der Waals surface area contributed by atoms with Crippen molar-refractivity contribution in [3.63, 3.8) is 0 Å². The molecule has 4 aliphatic rings. The summed E-state index contributed by atoms with van der Waals surface area (Å²) in [6.07, 6.45) is 3.25. The second-order valence-corrected chi connectivity index (χ2v) is 13.6. The molecule has 2 atom stereocenters. The first kappa shape index (κ1) is 35.3. The summed E-state index contributed by atoms with van der Waals surface area (Å²) >= 11 is 0. The largest absolute Gasteiger partial charge is 0.504 e. The van der Waals surface area contributed by atoms with Gasteiger partial charge in [0.15, 0.2) is 34.5 Å². The normalized spacial score (nSPS) is 18.6. The molecule has 0 saturated carbocycles. The third-order valence-corrected chi connectivity index (χ3v) is 9.64. The van der Waals surface area contributed by atoms with Gasteiger partial charge in [-0.3, -0.25) is 18.9 Å². The number of hydrogen-bond acceptors (Lipinski definition) is 10. The lowest BCUT2D eigenvalue weighted by molar-refractivity contribution is 0.220. The summed E-state index contributed by atoms with van der Waals surface area (Å²) in [5.41, 5.74) is 6.93. The number of phenolic OH excluding ortho intramolecular Hbond substituents is 1. The van der Waals surface area contributed by atoms with Crippen LogP contribution in [0.25, 0.3) is 0 Å². The molecular formula is C37H42N2O10S. The molecule has 4 heterocycles. The van der Waals surface area contributed by atoms with E-state index in [2.05, 4.69) is 54.2 Å². The topological polar surface area (TPSA) is 147 Å². The predicted octanol–water partition coefficient (Wildman–Crippen LogP) is 6.21. The van der Waals surface area contributed by atoms with Crippen molar-refractivity contribution in [3.05, 3.63) is 94.0 Å². The molecule has 13 heteroatoms. The third kappa shape index (κ3) is 7.47. The summed E-state index contributed by atoms with van der Waals surface area (Å²) in [6.45, 7) is 1.82. The average Bonchev–Trinajstić information content (AvgIpc) is 3.08. The van der Waals surface area contributed by atoms with E-state index < -0.39 is 10.4 Å². The molecule has 0 aromatic heterocycles. The first-order valence-corrected chi connectivity index (χ1v) is 17.6. The summed E-state index contributed by atoms with van der Waals surface area (Å²) < 4.78 is 62.6. The minimum atomic E-state index is -4.67. The first-order valence-electron chi connectivity index (χ1n) is 16.2. The Morgan fingerprint density at radius 1 is 0.720 bits per heavy atom. The molecule has 12 nitrogen and oxygen atoms in total. The van der Waals surface area contributed by atoms with Crippen molar-refractivity contribution in [3.8, 4) is 46.0 Å². The van der Waals surface area contributed by atoms with E-state index >= 15 is 0 Å². The molecule has 0 aliphatic carbocycles. The SMILES string of the molecule is COc1cc2c3cc1Oc1c(OC)c(OC)cc4c1C(Cc1ccc(cc1)Oc1cc(ccc1O)CC3N(C)CC2)N(C)CC4.O=S(=O)(O)O. The fraction of sp³-hybridized carbons (Fsp3) is 0.351. The molecule has 4 aromatic carbocycles. The van der Waals surface area contributed by atoms with Gasteiger partial charge in [-0.1, -0.05) is 18.2 Å². The maximum atomic E-state index is 10.7. The van der Waals surface area contributed by atoms with Crippen LogP contribution in [0.15, 0.2) is 60.7 Å². The number of ether oxygens (including phenoxy) is 5. The number of rotatable bonds is 3. The van der Waals surface area contributed by atoms with E-state index in [1.165, 1.54) is 16.7 Å². The molecule has 50 heavy (non-hydrogen) atoms. The van der Waals surface area contributed by atoms with E-state index in [9.17, 15) is 5.11 Å². The number of aromatic hydroxyl groups is 1. The number of benzene rings is 4. The summed E-state index contributed by atoms with van der Waals surface area (Å²) in [5, 5.41) is 10.7. The Morgan fingerprint density at radius 3 is 1.98 bits per heavy atom. The standard InChI is InChI=1S/C37H40N2O6.H2O4S/c1-38-14-12-24-19-32(41-3)33-21-27(24)28(38)17-23-8-11-30(40)31(18-23)44-26-9-6-22(7-10-26)16-29-35-25(13-15-39(29)2)20-34(42-4)36(43-5)37(35)45-33;1-5(2,3)4/h6-11,18-21,28-29,40H,12-17H2,1-5H3;(H2,1,2,3,4). The van der Waals surface area contributed by atoms with Crippen LogP contribution in [0.5, 0.6) is 46.0 Å². The number of likely N-dealkylation sites (N-methyl/N-ethyl adjacent to an activating group) is 2. The lowest BCUT2D eigenvalue weighted by atomic mass is 9.87. The van der Waals surface area contributed by atoms with Crippen LogP contribution in [0.1, 0.15) is 45.5 Å². The molecule has 266 valence electrons. The highest BCUT2D eigenvalue weighted by molar-refractivity contribution is 7.79. The molecule has 0 amide bonds. The Balaban J connectivity index is 0.000000808. The van der Waals surface area contributed by atoms with Crippen molar-refractivity contribution < 1.29 is 46.3 Å². The zero-order chi connectivity index (χ0) is 35.7. The number of phenols is 1. The van der Waals surface area contributed by atoms with Gasteiger partial charge in [0.05, 0.1) is 21.3 Å². The highest BCUT2D eigenvalue weighted by Gasteiger charge is 2.34. The molecule has 0 fully saturated rings. The van der Waals surface area contributed by atoms with Crippen LogP contribution in [0.4, 0.5) is 0 Å². The van der Waals surface area contributed by atoms with Gasteiger partial charge in [0.2, 0.25) is 5.75 Å². The van der Waals surface area contributed by atoms with Crippen molar-refractivity contribution in [2.24, 2.45) is 0 Å². The maximum absolute atomic E-state index is 10.7. The van der Waals surface area contributed by atoms with E-state index in [1.54, 1.807) is 27.4 Å². The summed E-state index contributed by atoms with van der Waals surface area (Å²) in [4.78, 5) is 4.75. The second-order valence-electron chi connectivity index (χ2n) is 12.7. The van der Waals surface area contributed by atoms with E-state index in [0.717, 1.165) is 55.5 Å². The van der Waals surface area contributed by atoms with Crippen molar-refractivity contribution >= 4 is 10.4 Å². The summed E-state index contributed by atoms with van der Waals surface area (Å²) in [6, 6.07) is 20.2. The van der Waals surface area contributed by atoms with Crippen LogP contribution in [-0.4, -0.2) is 80.9 Å². The van der Waals surface area contributed by atoms with Gasteiger partial charge in [0, 0.05) is 30.7 Å². The predicted molar refractivity (Wildman–Crippen MR) is 187 cm³/mol. The summed E-state index contributed by atoms with van der Waals surface area (Å²) in [5.74, 6) is 4.44. The molecule has 4 aromatic rings. The number of hydrogen-bond donors (Lipinski definition) is 3. The minimum Gasteiger partial charge on any atom is -0.504 e. The van der Waals surface area contributed by atoms with Crippen LogP contribution >= 0.6 is 0 Å². The number of methoxy groups -OCH3 is 3. The molecule has 4 aliphatic heterocycles. The number of nitrogens with zero attached hydrogens (tertiary/aromatic N) is 2. The van der Waals surface area contributed by atoms with Crippen molar-refractivity contribution in [1.82, 2.24) is 9.80 Å². The van der Waals surface area contributed by atoms with Crippen LogP contribution in [0.2, 0.25) is 0 Å². The smallest absolute Gasteiger partial charge is 0.394 e. The Hall–Kier alpha value is -4.53. The third-order valence-electron chi connectivity index (χ3n) is 9.64. The molecular weight excluding hydrogens is 664 g/mol. The van der Waals surface area contributed by atoms with Gasteiger partial charge in [0.25, 0.3) is 0 Å². The van der Waals surface area contributed by atoms with Crippen molar-refractivity contribution in [2.45, 2.75) is 37.8 Å². The highest BCUT2D eigenvalue weighted by Crippen LogP contribution is 2.51. The van der Waals surface area contributed by atoms with Gasteiger partial charge in [-0.2, -0.15) is 8.42 Å². The molecule has 6 bridgehead atoms. The quantitative estimate of drug-likeness (QED) is 0.208. The van der Waals surface area contributed by atoms with E-state index in [1.807, 2.05) is 24.3 Å². The van der Waals surface area contributed by atoms with Gasteiger partial charge in [-0.25, -0.2) is 0 Å². The Kier molecular flexibility index (Phi) is 10.1. The molecule has 8 rings (SSSR count). The van der Waals surface area contributed by atoms with Crippen molar-refractivity contribution in [1.29, 1.82) is 0 Å². The maximum Gasteiger partial charge on any atom is 0.394 e. The Labute approximate surface area is 292 Å². The van der Waals surface area contributed by atoms with Gasteiger partial charge < -0.3 is 28.8 Å². The van der Waals surface area contributed by atoms with Crippen LogP contribution in [0.3, 0.4) is 0 Å². The minimum absolute atomic E-state index is 0.0254. The van der Waals surface area contributed by atoms with Crippen LogP contribution < -0.4 is 23.7 Å². The second kappa shape index (κ2) is 14.4. The van der Waals surface area contributed by atoms with Gasteiger partial charge >= 0.3 is 10.4 Å². The van der Waals surface area contributed by atoms with Gasteiger partial charge in [-0.15, -0.1) is 0 Å². The van der Waals surface area contributed by atoms with Crippen molar-refractivity contribution in [2.75, 3.05) is 48.5 Å². The average molecular weight is 707 g/mol. The van der Waals surface area contributed by atoms with Crippen LogP contribution in [-0.2, 0) is 36.1 Å². The molecule has 0 radical (unpaired) electrons. The lowest BCUT2D eigenvalue weighted by Gasteiger charge is -2.37. The fourth-order valence-electron chi connectivity index (χ4n) is 7.11. The number of fused-ring (bicyclic) bond motifs is 2. The van der Waals surface area contributed by atoms with E-state index in [0.29, 0.717) is 40.2 Å². The Bertz CT molecular complexity index is 1980. The van der Waals surface area contributed by atoms with E-state index in [-0.39, 0.29) is 17.8 Å². The zero-order valence-electron chi connectivity index (χ0n) is 28.7. The van der Waals surface area contributed by atoms with Gasteiger partial charge in [-0.05, 0) is 110 Å². The van der Waals surface area contributed by atoms with E-state index in [4.69, 9.17) is 41.2 Å². The Morgan fingerprint density at radius 2 is 1.32 bits per heavy atom. The lowest BCUT2D eigenvalue weighted by Crippen LogP contribution is -2.34. The summed E-state index contributed by atoms with van der Waals surface area (Å²) in [7, 11) is 4.68. The molecule has 3 N–H and O–H groups in total. The van der Waals surface area contributed by atoms with Gasteiger partial charge in [0.1, 0.15) is 5.75 Å². The molecule has 0 saturated heterocycles. The highest BCUT2D eigenvalue weighted by atomic mass is 32.3. The molecule has 0 spiro atoms. The molecule has 2 unspecified atom stereocenters. The first-order chi connectivity index (χ1) is 23.9.